The van der Waals surface area contributed by atoms with Crippen molar-refractivity contribution in [3.05, 3.63) is 64.5 Å². The van der Waals surface area contributed by atoms with E-state index < -0.39 is 5.60 Å². The van der Waals surface area contributed by atoms with Crippen molar-refractivity contribution >= 4 is 0 Å². The minimum Gasteiger partial charge on any atom is -0.496 e. The number of hydrogen-bond donors (Lipinski definition) is 1. The van der Waals surface area contributed by atoms with Crippen LogP contribution in [-0.2, 0) is 5.60 Å². The van der Waals surface area contributed by atoms with Crippen LogP contribution in [0.15, 0.2) is 36.4 Å². The lowest BCUT2D eigenvalue weighted by molar-refractivity contribution is 0.0978. The number of halogens is 1. The van der Waals surface area contributed by atoms with Gasteiger partial charge in [0.25, 0.3) is 0 Å². The number of rotatable bonds is 3. The quantitative estimate of drug-likeness (QED) is 0.924. The van der Waals surface area contributed by atoms with Crippen molar-refractivity contribution in [2.75, 3.05) is 7.11 Å². The zero-order valence-corrected chi connectivity index (χ0v) is 12.2. The first-order valence-corrected chi connectivity index (χ1v) is 6.50. The number of aliphatic hydroxyl groups is 1. The summed E-state index contributed by atoms with van der Waals surface area (Å²) < 4.78 is 18.8. The minimum absolute atomic E-state index is 0.369. The molecule has 0 heterocycles. The lowest BCUT2D eigenvalue weighted by Crippen LogP contribution is -2.25. The molecule has 0 radical (unpaired) electrons. The molecule has 0 bridgehead atoms. The Hall–Kier alpha value is -1.87. The SMILES string of the molecule is COc1cc(C)cc(C)c1C(C)(O)c1cccc(F)c1. The second-order valence-corrected chi connectivity index (χ2v) is 5.24. The minimum atomic E-state index is -1.31. The summed E-state index contributed by atoms with van der Waals surface area (Å²) in [6.45, 7) is 5.54. The topological polar surface area (TPSA) is 29.5 Å². The Labute approximate surface area is 118 Å². The van der Waals surface area contributed by atoms with E-state index in [-0.39, 0.29) is 5.82 Å². The van der Waals surface area contributed by atoms with E-state index in [4.69, 9.17) is 4.74 Å². The van der Waals surface area contributed by atoms with Crippen molar-refractivity contribution in [1.29, 1.82) is 0 Å². The maximum Gasteiger partial charge on any atom is 0.125 e. The first-order chi connectivity index (χ1) is 9.36. The zero-order valence-electron chi connectivity index (χ0n) is 12.2. The van der Waals surface area contributed by atoms with Gasteiger partial charge in [0.05, 0.1) is 7.11 Å². The van der Waals surface area contributed by atoms with Crippen LogP contribution in [0, 0.1) is 19.7 Å². The Kier molecular flexibility index (Phi) is 3.82. The third-order valence-corrected chi connectivity index (χ3v) is 3.54. The molecule has 1 atom stereocenters. The molecule has 0 spiro atoms. The second kappa shape index (κ2) is 5.25. The summed E-state index contributed by atoms with van der Waals surface area (Å²) in [5, 5.41) is 10.9. The Bertz CT molecular complexity index is 633. The van der Waals surface area contributed by atoms with Crippen LogP contribution in [0.4, 0.5) is 4.39 Å². The summed E-state index contributed by atoms with van der Waals surface area (Å²) in [5.74, 6) is 0.239. The van der Waals surface area contributed by atoms with Gasteiger partial charge in [-0.3, -0.25) is 0 Å². The molecule has 20 heavy (non-hydrogen) atoms. The molecular weight excluding hydrogens is 255 g/mol. The van der Waals surface area contributed by atoms with Crippen LogP contribution in [0.25, 0.3) is 0 Å². The van der Waals surface area contributed by atoms with E-state index in [1.165, 1.54) is 12.1 Å². The average Bonchev–Trinajstić information content (AvgIpc) is 2.37. The highest BCUT2D eigenvalue weighted by Gasteiger charge is 2.31. The fourth-order valence-corrected chi connectivity index (χ4v) is 2.65. The summed E-state index contributed by atoms with van der Waals surface area (Å²) in [7, 11) is 1.57. The van der Waals surface area contributed by atoms with Crippen LogP contribution in [0.1, 0.15) is 29.2 Å². The molecule has 106 valence electrons. The van der Waals surface area contributed by atoms with E-state index in [0.29, 0.717) is 16.9 Å². The molecule has 1 N–H and O–H groups in total. The fraction of sp³-hybridized carbons (Fsp3) is 0.294. The van der Waals surface area contributed by atoms with Crippen LogP contribution in [0.2, 0.25) is 0 Å². The molecule has 2 nitrogen and oxygen atoms in total. The van der Waals surface area contributed by atoms with Gasteiger partial charge in [0.15, 0.2) is 0 Å². The van der Waals surface area contributed by atoms with Crippen LogP contribution in [0.3, 0.4) is 0 Å². The van der Waals surface area contributed by atoms with Gasteiger partial charge < -0.3 is 9.84 Å². The van der Waals surface area contributed by atoms with Crippen molar-refractivity contribution < 1.29 is 14.2 Å². The summed E-state index contributed by atoms with van der Waals surface area (Å²) in [5.41, 5.74) is 1.82. The average molecular weight is 274 g/mol. The normalized spacial score (nSPS) is 13.9. The summed E-state index contributed by atoms with van der Waals surface area (Å²) in [4.78, 5) is 0. The Morgan fingerprint density at radius 3 is 2.45 bits per heavy atom. The van der Waals surface area contributed by atoms with E-state index in [1.807, 2.05) is 26.0 Å². The predicted molar refractivity (Wildman–Crippen MR) is 77.5 cm³/mol. The fourth-order valence-electron chi connectivity index (χ4n) is 2.65. The molecule has 2 aromatic rings. The Morgan fingerprint density at radius 2 is 1.85 bits per heavy atom. The first kappa shape index (κ1) is 14.5. The maximum atomic E-state index is 13.4. The highest BCUT2D eigenvalue weighted by molar-refractivity contribution is 5.50. The van der Waals surface area contributed by atoms with E-state index in [0.717, 1.165) is 11.1 Å². The van der Waals surface area contributed by atoms with Crippen molar-refractivity contribution in [2.45, 2.75) is 26.4 Å². The van der Waals surface area contributed by atoms with Crippen LogP contribution >= 0.6 is 0 Å². The number of ether oxygens (including phenoxy) is 1. The smallest absolute Gasteiger partial charge is 0.125 e. The van der Waals surface area contributed by atoms with Gasteiger partial charge in [-0.05, 0) is 55.7 Å². The van der Waals surface area contributed by atoms with Gasteiger partial charge in [-0.1, -0.05) is 18.2 Å². The van der Waals surface area contributed by atoms with Crippen LogP contribution in [0.5, 0.6) is 5.75 Å². The van der Waals surface area contributed by atoms with Gasteiger partial charge in [-0.15, -0.1) is 0 Å². The number of hydrogen-bond acceptors (Lipinski definition) is 2. The summed E-state index contributed by atoms with van der Waals surface area (Å²) >= 11 is 0. The van der Waals surface area contributed by atoms with E-state index in [9.17, 15) is 9.50 Å². The van der Waals surface area contributed by atoms with E-state index in [2.05, 4.69) is 0 Å². The predicted octanol–water partition coefficient (Wildman–Crippen LogP) is 3.71. The van der Waals surface area contributed by atoms with Crippen molar-refractivity contribution in [3.63, 3.8) is 0 Å². The highest BCUT2D eigenvalue weighted by Crippen LogP contribution is 2.38. The molecule has 1 unspecified atom stereocenters. The number of benzene rings is 2. The first-order valence-electron chi connectivity index (χ1n) is 6.50. The molecule has 0 saturated carbocycles. The van der Waals surface area contributed by atoms with E-state index in [1.54, 1.807) is 26.2 Å². The molecule has 0 amide bonds. The second-order valence-electron chi connectivity index (χ2n) is 5.24. The molecule has 2 aromatic carbocycles. The van der Waals surface area contributed by atoms with Crippen molar-refractivity contribution in [2.24, 2.45) is 0 Å². The van der Waals surface area contributed by atoms with Gasteiger partial charge in [-0.2, -0.15) is 0 Å². The Balaban J connectivity index is 2.65. The lowest BCUT2D eigenvalue weighted by Gasteiger charge is -2.28. The zero-order chi connectivity index (χ0) is 14.9. The molecule has 0 fully saturated rings. The molecule has 3 heteroatoms. The molecule has 0 saturated heterocycles. The molecule has 0 aliphatic heterocycles. The standard InChI is InChI=1S/C17H19FO2/c1-11-8-12(2)16(15(9-11)20-4)17(3,19)13-6-5-7-14(18)10-13/h5-10,19H,1-4H3. The largest absolute Gasteiger partial charge is 0.496 e. The molecule has 0 aliphatic carbocycles. The van der Waals surface area contributed by atoms with Gasteiger partial charge in [0, 0.05) is 5.56 Å². The maximum absolute atomic E-state index is 13.4. The molecule has 0 aromatic heterocycles. The van der Waals surface area contributed by atoms with Gasteiger partial charge in [-0.25, -0.2) is 4.39 Å². The molecule has 2 rings (SSSR count). The van der Waals surface area contributed by atoms with Gasteiger partial charge in [0.2, 0.25) is 0 Å². The summed E-state index contributed by atoms with van der Waals surface area (Å²) in [6, 6.07) is 9.86. The lowest BCUT2D eigenvalue weighted by atomic mass is 9.84. The third-order valence-electron chi connectivity index (χ3n) is 3.54. The molecular formula is C17H19FO2. The van der Waals surface area contributed by atoms with Crippen LogP contribution in [-0.4, -0.2) is 12.2 Å². The van der Waals surface area contributed by atoms with Crippen LogP contribution < -0.4 is 4.74 Å². The highest BCUT2D eigenvalue weighted by atomic mass is 19.1. The van der Waals surface area contributed by atoms with Crippen molar-refractivity contribution in [3.8, 4) is 5.75 Å². The third kappa shape index (κ3) is 2.54. The number of methoxy groups -OCH3 is 1. The Morgan fingerprint density at radius 1 is 1.15 bits per heavy atom. The molecule has 0 aliphatic rings. The van der Waals surface area contributed by atoms with E-state index >= 15 is 0 Å². The summed E-state index contributed by atoms with van der Waals surface area (Å²) in [6.07, 6.45) is 0. The number of aryl methyl sites for hydroxylation is 2. The van der Waals surface area contributed by atoms with Gasteiger partial charge in [0.1, 0.15) is 17.2 Å². The van der Waals surface area contributed by atoms with Crippen molar-refractivity contribution in [1.82, 2.24) is 0 Å². The monoisotopic (exact) mass is 274 g/mol. The van der Waals surface area contributed by atoms with Gasteiger partial charge >= 0.3 is 0 Å².